The molecule has 0 aliphatic carbocycles. The number of nitrogens with two attached hydrogens (primary N) is 1. The van der Waals surface area contributed by atoms with Crippen LogP contribution in [0.15, 0.2) is 25.3 Å². The molecule has 240 valence electrons. The van der Waals surface area contributed by atoms with Crippen LogP contribution in [0.4, 0.5) is 5.82 Å². The van der Waals surface area contributed by atoms with Gasteiger partial charge in [0.05, 0.1) is 44.3 Å². The van der Waals surface area contributed by atoms with Crippen molar-refractivity contribution in [2.24, 2.45) is 5.92 Å². The lowest BCUT2D eigenvalue weighted by molar-refractivity contribution is -0.182. The third-order valence-electron chi connectivity index (χ3n) is 8.53. The monoisotopic (exact) mass is 699 g/mol. The van der Waals surface area contributed by atoms with Crippen LogP contribution in [0.5, 0.6) is 0 Å². The number of anilines is 1. The van der Waals surface area contributed by atoms with E-state index in [-0.39, 0.29) is 25.6 Å². The molecule has 4 aliphatic rings. The first-order chi connectivity index (χ1) is 21.5. The Morgan fingerprint density at radius 1 is 1.00 bits per heavy atom. The Bertz CT molecular complexity index is 1920. The highest BCUT2D eigenvalue weighted by Gasteiger charge is 2.65. The van der Waals surface area contributed by atoms with E-state index in [1.165, 1.54) is 19.0 Å². The summed E-state index contributed by atoms with van der Waals surface area (Å²) in [5, 5.41) is 0. The Morgan fingerprint density at radius 3 is 2.51 bits per heavy atom. The lowest BCUT2D eigenvalue weighted by atomic mass is 10.0. The largest absolute Gasteiger partial charge is 0.386 e. The molecule has 8 heterocycles. The quantitative estimate of drug-likeness (QED) is 0.201. The summed E-state index contributed by atoms with van der Waals surface area (Å²) in [6.07, 6.45) is 0.648. The number of nitrogen functional groups attached to an aromatic ring is 1. The molecule has 4 aromatic rings. The molecular formula is C23H27N9O9P2S2. The zero-order valence-corrected chi connectivity index (χ0v) is 27.1. The number of aromatic nitrogens is 8. The van der Waals surface area contributed by atoms with Crippen molar-refractivity contribution in [2.75, 3.05) is 25.6 Å². The molecule has 18 nitrogen and oxygen atoms in total. The van der Waals surface area contributed by atoms with E-state index in [9.17, 15) is 9.46 Å². The summed E-state index contributed by atoms with van der Waals surface area (Å²) in [5.74, 6) is -0.247. The summed E-state index contributed by atoms with van der Waals surface area (Å²) in [6, 6.07) is 0. The van der Waals surface area contributed by atoms with Crippen LogP contribution in [0.1, 0.15) is 25.1 Å². The summed E-state index contributed by atoms with van der Waals surface area (Å²) < 4.78 is 60.0. The van der Waals surface area contributed by atoms with Crippen molar-refractivity contribution >= 4 is 65.7 Å². The predicted octanol–water partition coefficient (Wildman–Crippen LogP) is 1.83. The van der Waals surface area contributed by atoms with E-state index in [0.717, 1.165) is 0 Å². The van der Waals surface area contributed by atoms with Crippen LogP contribution >= 0.6 is 25.8 Å². The van der Waals surface area contributed by atoms with Crippen molar-refractivity contribution in [1.29, 1.82) is 0 Å². The maximum atomic E-state index is 13.9. The fraction of sp³-hybridized carbons (Fsp3) is 0.565. The number of rotatable bonds is 2. The van der Waals surface area contributed by atoms with Gasteiger partial charge in [-0.25, -0.2) is 34.5 Å². The predicted molar refractivity (Wildman–Crippen MR) is 160 cm³/mol. The van der Waals surface area contributed by atoms with Gasteiger partial charge in [-0.1, -0.05) is 19.2 Å². The molecule has 0 radical (unpaired) electrons. The Kier molecular flexibility index (Phi) is 7.15. The van der Waals surface area contributed by atoms with Gasteiger partial charge < -0.3 is 29.4 Å². The zero-order chi connectivity index (χ0) is 31.3. The highest BCUT2D eigenvalue weighted by atomic mass is 32.7. The topological polar surface area (TPSA) is 215 Å². The molecule has 4 aliphatic heterocycles. The third-order valence-corrected chi connectivity index (χ3v) is 11.7. The minimum Gasteiger partial charge on any atom is -0.382 e. The first-order valence-electron chi connectivity index (χ1n) is 13.8. The van der Waals surface area contributed by atoms with E-state index >= 15 is 0 Å². The minimum atomic E-state index is -4.11. The molecule has 0 saturated carbocycles. The minimum absolute atomic E-state index is 0.0417. The van der Waals surface area contributed by atoms with E-state index < -0.39 is 61.9 Å². The summed E-state index contributed by atoms with van der Waals surface area (Å²) >= 11 is 9.79. The van der Waals surface area contributed by atoms with Gasteiger partial charge in [0.2, 0.25) is 0 Å². The highest BCUT2D eigenvalue weighted by molar-refractivity contribution is 8.44. The lowest BCUT2D eigenvalue weighted by Crippen LogP contribution is -2.45. The molecule has 4 bridgehead atoms. The second-order valence-electron chi connectivity index (χ2n) is 11.2. The second-order valence-corrected chi connectivity index (χ2v) is 16.9. The number of imidazole rings is 2. The molecule has 8 rings (SSSR count). The summed E-state index contributed by atoms with van der Waals surface area (Å²) in [6.45, 7) is -4.98. The van der Waals surface area contributed by atoms with E-state index in [1.54, 1.807) is 15.5 Å². The smallest absolute Gasteiger partial charge is 0.382 e. The molecular weight excluding hydrogens is 672 g/mol. The van der Waals surface area contributed by atoms with Crippen LogP contribution in [0.2, 0.25) is 0 Å². The number of ether oxygens (including phenoxy) is 3. The van der Waals surface area contributed by atoms with Crippen molar-refractivity contribution in [3.63, 3.8) is 0 Å². The van der Waals surface area contributed by atoms with Gasteiger partial charge in [-0.3, -0.25) is 22.7 Å². The number of thiol groups is 1. The van der Waals surface area contributed by atoms with Gasteiger partial charge in [-0.2, -0.15) is 0 Å². The zero-order valence-electron chi connectivity index (χ0n) is 23.6. The number of nitrogens with zero attached hydrogens (tertiary/aromatic N) is 8. The molecule has 4 aromatic heterocycles. The maximum Gasteiger partial charge on any atom is 0.386 e. The molecule has 3 N–H and O–H groups in total. The van der Waals surface area contributed by atoms with Gasteiger partial charge in [0.15, 0.2) is 29.6 Å². The average Bonchev–Trinajstić information content (AvgIpc) is 3.80. The van der Waals surface area contributed by atoms with Crippen LogP contribution in [-0.4, -0.2) is 93.8 Å². The van der Waals surface area contributed by atoms with Gasteiger partial charge in [-0.05, 0) is 18.7 Å². The van der Waals surface area contributed by atoms with Gasteiger partial charge in [0.1, 0.15) is 47.6 Å². The normalized spacial score (nSPS) is 40.3. The second kappa shape index (κ2) is 10.7. The molecule has 45 heavy (non-hydrogen) atoms. The molecule has 10 atom stereocenters. The van der Waals surface area contributed by atoms with Gasteiger partial charge in [0, 0.05) is 5.92 Å². The standard InChI is InChI=1S/C23H27N9O9P2S2/c1-10-12-3-36-42(33,44)41-17-16-22(32-9-30-14-18(24)26-7-28-20(14)32)39-23(17,4-35-16)5-37-43(34,45)40-15(10)21(38-12)31-8-29-13-11(2)25-6-27-19(13)31/h6-10,12,15-17,21-22H,3-5H2,1-2H3,(H,33,44)(H,34,45)(H2,24,26,28)/t10-,12-,15-,16-,17+,21-,22-,23-,42?,43?/m1/s1. The van der Waals surface area contributed by atoms with Gasteiger partial charge in [-0.15, -0.1) is 0 Å². The maximum absolute atomic E-state index is 13.9. The van der Waals surface area contributed by atoms with Crippen molar-refractivity contribution in [3.8, 4) is 0 Å². The molecule has 4 saturated heterocycles. The number of hydrogen-bond acceptors (Lipinski definition) is 16. The highest BCUT2D eigenvalue weighted by Crippen LogP contribution is 2.61. The lowest BCUT2D eigenvalue weighted by Gasteiger charge is -2.33. The SMILES string of the molecule is Cc1ncnc2c1ncn2[C@@H]1O[C@@H]2COP(O)(=S)O[C@H]3[C@H]4OC[C@]3(COP(=O)(S)O[C@@H]1[C@@H]2C)O[C@H]4n1cnc2c(N)ncnc21. The summed E-state index contributed by atoms with van der Waals surface area (Å²) in [7, 11) is 0. The molecule has 0 amide bonds. The van der Waals surface area contributed by atoms with E-state index in [1.807, 2.05) is 13.8 Å². The summed E-state index contributed by atoms with van der Waals surface area (Å²) in [4.78, 5) is 36.8. The van der Waals surface area contributed by atoms with E-state index in [0.29, 0.717) is 28.0 Å². The Labute approximate surface area is 264 Å². The van der Waals surface area contributed by atoms with Crippen molar-refractivity contribution in [2.45, 2.75) is 56.3 Å². The first kappa shape index (κ1) is 30.2. The molecule has 0 aromatic carbocycles. The van der Waals surface area contributed by atoms with Crippen molar-refractivity contribution in [1.82, 2.24) is 39.0 Å². The molecule has 22 heteroatoms. The molecule has 2 unspecified atom stereocenters. The number of hydrogen-bond donors (Lipinski definition) is 3. The van der Waals surface area contributed by atoms with Crippen molar-refractivity contribution < 1.29 is 41.8 Å². The fourth-order valence-corrected chi connectivity index (χ4v) is 9.22. The van der Waals surface area contributed by atoms with Gasteiger partial charge >= 0.3 is 13.5 Å². The van der Waals surface area contributed by atoms with Gasteiger partial charge in [0.25, 0.3) is 0 Å². The number of aryl methyl sites for hydroxylation is 1. The van der Waals surface area contributed by atoms with Crippen LogP contribution in [-0.2, 0) is 48.7 Å². The Morgan fingerprint density at radius 2 is 1.71 bits per heavy atom. The average molecular weight is 700 g/mol. The number of fused-ring (bicyclic) bond motifs is 4. The van der Waals surface area contributed by atoms with Crippen LogP contribution < -0.4 is 5.73 Å². The summed E-state index contributed by atoms with van der Waals surface area (Å²) in [5.41, 5.74) is 7.06. The van der Waals surface area contributed by atoms with Crippen LogP contribution in [0, 0.1) is 12.8 Å². The molecule has 0 spiro atoms. The first-order valence-corrected chi connectivity index (χ1v) is 19.1. The van der Waals surface area contributed by atoms with E-state index in [4.69, 9.17) is 49.8 Å². The van der Waals surface area contributed by atoms with Crippen LogP contribution in [0.3, 0.4) is 0 Å². The van der Waals surface area contributed by atoms with E-state index in [2.05, 4.69) is 42.2 Å². The van der Waals surface area contributed by atoms with Crippen LogP contribution in [0.25, 0.3) is 22.3 Å². The van der Waals surface area contributed by atoms with Crippen molar-refractivity contribution in [3.05, 3.63) is 31.0 Å². The Hall–Kier alpha value is -2.19. The third kappa shape index (κ3) is 4.94. The fourth-order valence-electron chi connectivity index (χ4n) is 6.22. The Balaban J connectivity index is 1.14. The molecule has 4 fully saturated rings.